The normalized spacial score (nSPS) is 12.8. The average molecular weight is 510 g/mol. The zero-order valence-corrected chi connectivity index (χ0v) is 23.1. The van der Waals surface area contributed by atoms with Gasteiger partial charge in [-0.15, -0.1) is 0 Å². The molecule has 0 fully saturated rings. The Morgan fingerprint density at radius 1 is 0.886 bits per heavy atom. The van der Waals surface area contributed by atoms with E-state index in [0.29, 0.717) is 12.8 Å². The summed E-state index contributed by atoms with van der Waals surface area (Å²) >= 11 is 0. The predicted octanol–water partition coefficient (Wildman–Crippen LogP) is 7.90. The van der Waals surface area contributed by atoms with Crippen LogP contribution in [-0.4, -0.2) is 30.3 Å². The van der Waals surface area contributed by atoms with Crippen LogP contribution >= 0.6 is 7.60 Å². The Morgan fingerprint density at radius 3 is 1.91 bits per heavy atom. The number of amides is 1. The molecule has 6 nitrogen and oxygen atoms in total. The molecule has 0 aliphatic carbocycles. The summed E-state index contributed by atoms with van der Waals surface area (Å²) in [5, 5.41) is 12.6. The van der Waals surface area contributed by atoms with Crippen molar-refractivity contribution in [3.05, 3.63) is 41.7 Å². The fraction of sp³-hybridized carbons (Fsp3) is 0.679. The lowest BCUT2D eigenvalue weighted by Crippen LogP contribution is -2.34. The number of rotatable bonds is 21. The maximum atomic E-state index is 12.8. The van der Waals surface area contributed by atoms with Crippen LogP contribution in [0.2, 0.25) is 0 Å². The molecule has 0 bridgehead atoms. The molecule has 35 heavy (non-hydrogen) atoms. The van der Waals surface area contributed by atoms with Gasteiger partial charge in [-0.3, -0.25) is 9.36 Å². The molecule has 7 heteroatoms. The number of unbranched alkanes of at least 4 members (excludes halogenated alkanes) is 10. The van der Waals surface area contributed by atoms with Crippen molar-refractivity contribution in [1.29, 1.82) is 0 Å². The summed E-state index contributed by atoms with van der Waals surface area (Å²) in [7, 11) is -3.35. The lowest BCUT2D eigenvalue weighted by Gasteiger charge is -2.18. The summed E-state index contributed by atoms with van der Waals surface area (Å²) in [6.45, 7) is 6.33. The van der Waals surface area contributed by atoms with E-state index in [1.165, 1.54) is 63.6 Å². The van der Waals surface area contributed by atoms with Gasteiger partial charge in [-0.25, -0.2) is 0 Å². The Balaban J connectivity index is 2.49. The van der Waals surface area contributed by atoms with E-state index in [0.717, 1.165) is 18.4 Å². The first-order chi connectivity index (χ1) is 16.9. The summed E-state index contributed by atoms with van der Waals surface area (Å²) in [5.41, 5.74) is 0.954. The highest BCUT2D eigenvalue weighted by Gasteiger charge is 2.20. The van der Waals surface area contributed by atoms with E-state index in [4.69, 9.17) is 9.05 Å². The fourth-order valence-electron chi connectivity index (χ4n) is 3.97. The number of benzene rings is 1. The molecule has 0 saturated carbocycles. The second-order valence-electron chi connectivity index (χ2n) is 9.05. The number of carbonyl (C=O) groups is 1. The molecule has 0 aliphatic rings. The minimum atomic E-state index is -3.35. The topological polar surface area (TPSA) is 84.9 Å². The van der Waals surface area contributed by atoms with Crippen molar-refractivity contribution in [2.24, 2.45) is 0 Å². The van der Waals surface area contributed by atoms with Gasteiger partial charge in [-0.05, 0) is 44.4 Å². The van der Waals surface area contributed by atoms with E-state index in [-0.39, 0.29) is 30.9 Å². The standard InChI is InChI=1S/C28H48NO5P/c1-4-7-8-9-10-11-12-13-14-15-16-17-28(31)29-26(24-25-18-20-27(30)21-19-25)22-23-35(32,33-5-2)34-6-3/h18-23,26,30H,4-17,24H2,1-3H3,(H,29,31)/t26-/m1/s1. The van der Waals surface area contributed by atoms with Crippen molar-refractivity contribution in [2.75, 3.05) is 13.2 Å². The second kappa shape index (κ2) is 19.6. The number of hydrogen-bond donors (Lipinski definition) is 2. The first-order valence-corrected chi connectivity index (χ1v) is 15.2. The molecule has 0 saturated heterocycles. The molecule has 1 rings (SSSR count). The van der Waals surface area contributed by atoms with Gasteiger partial charge in [-0.2, -0.15) is 0 Å². The summed E-state index contributed by atoms with van der Waals surface area (Å²) in [6.07, 6.45) is 16.4. The van der Waals surface area contributed by atoms with Crippen LogP contribution in [0.4, 0.5) is 0 Å². The molecule has 0 spiro atoms. The summed E-state index contributed by atoms with van der Waals surface area (Å²) in [5.74, 6) is 1.63. The second-order valence-corrected chi connectivity index (χ2v) is 10.9. The van der Waals surface area contributed by atoms with Crippen molar-refractivity contribution >= 4 is 13.5 Å². The van der Waals surface area contributed by atoms with Crippen molar-refractivity contribution in [2.45, 2.75) is 110 Å². The minimum Gasteiger partial charge on any atom is -0.508 e. The zero-order valence-electron chi connectivity index (χ0n) is 22.2. The van der Waals surface area contributed by atoms with Crippen LogP contribution in [0, 0.1) is 0 Å². The molecule has 2 N–H and O–H groups in total. The maximum absolute atomic E-state index is 12.8. The molecule has 1 amide bonds. The molecule has 0 aliphatic heterocycles. The summed E-state index contributed by atoms with van der Waals surface area (Å²) in [6, 6.07) is 6.52. The third-order valence-electron chi connectivity index (χ3n) is 5.86. The highest BCUT2D eigenvalue weighted by Crippen LogP contribution is 2.49. The number of hydrogen-bond acceptors (Lipinski definition) is 5. The molecule has 1 aromatic rings. The largest absolute Gasteiger partial charge is 0.508 e. The lowest BCUT2D eigenvalue weighted by molar-refractivity contribution is -0.121. The van der Waals surface area contributed by atoms with Crippen molar-refractivity contribution in [1.82, 2.24) is 5.32 Å². The van der Waals surface area contributed by atoms with E-state index in [1.807, 2.05) is 12.1 Å². The summed E-state index contributed by atoms with van der Waals surface area (Å²) in [4.78, 5) is 12.6. The smallest absolute Gasteiger partial charge is 0.353 e. The Hall–Kier alpha value is -1.62. The van der Waals surface area contributed by atoms with E-state index in [9.17, 15) is 14.5 Å². The minimum absolute atomic E-state index is 0.0167. The molecule has 1 aromatic carbocycles. The van der Waals surface area contributed by atoms with Gasteiger partial charge in [0, 0.05) is 12.2 Å². The summed E-state index contributed by atoms with van der Waals surface area (Å²) < 4.78 is 23.5. The van der Waals surface area contributed by atoms with Gasteiger partial charge in [0.25, 0.3) is 0 Å². The molecule has 0 unspecified atom stereocenters. The number of carbonyl (C=O) groups excluding carboxylic acids is 1. The van der Waals surface area contributed by atoms with Crippen LogP contribution in [0.25, 0.3) is 0 Å². The lowest BCUT2D eigenvalue weighted by atomic mass is 10.0. The van der Waals surface area contributed by atoms with Crippen LogP contribution in [0.1, 0.15) is 103 Å². The predicted molar refractivity (Wildman–Crippen MR) is 145 cm³/mol. The van der Waals surface area contributed by atoms with Crippen molar-refractivity contribution in [3.8, 4) is 5.75 Å². The van der Waals surface area contributed by atoms with E-state index in [1.54, 1.807) is 32.1 Å². The maximum Gasteiger partial charge on any atom is 0.353 e. The molecule has 0 radical (unpaired) electrons. The molecule has 200 valence electrons. The third-order valence-corrected chi connectivity index (χ3v) is 7.64. The average Bonchev–Trinajstić information content (AvgIpc) is 2.83. The van der Waals surface area contributed by atoms with Crippen LogP contribution in [0.5, 0.6) is 5.75 Å². The van der Waals surface area contributed by atoms with Crippen LogP contribution in [0.15, 0.2) is 36.2 Å². The van der Waals surface area contributed by atoms with Crippen molar-refractivity contribution in [3.63, 3.8) is 0 Å². The van der Waals surface area contributed by atoms with Gasteiger partial charge in [0.05, 0.1) is 19.3 Å². The van der Waals surface area contributed by atoms with Gasteiger partial charge < -0.3 is 19.5 Å². The molecular weight excluding hydrogens is 461 g/mol. The van der Waals surface area contributed by atoms with Crippen LogP contribution < -0.4 is 5.32 Å². The first kappa shape index (κ1) is 31.4. The monoisotopic (exact) mass is 509 g/mol. The van der Waals surface area contributed by atoms with Gasteiger partial charge >= 0.3 is 7.60 Å². The highest BCUT2D eigenvalue weighted by molar-refractivity contribution is 7.57. The van der Waals surface area contributed by atoms with E-state index >= 15 is 0 Å². The Labute approximate surface area is 213 Å². The van der Waals surface area contributed by atoms with Gasteiger partial charge in [0.2, 0.25) is 5.91 Å². The van der Waals surface area contributed by atoms with Crippen molar-refractivity contribution < 1.29 is 23.5 Å². The number of phenolic OH excluding ortho intramolecular Hbond substituents is 1. The number of phenols is 1. The van der Waals surface area contributed by atoms with Gasteiger partial charge in [0.15, 0.2) is 0 Å². The van der Waals surface area contributed by atoms with Gasteiger partial charge in [0.1, 0.15) is 5.75 Å². The van der Waals surface area contributed by atoms with E-state index < -0.39 is 7.60 Å². The zero-order chi connectivity index (χ0) is 25.8. The van der Waals surface area contributed by atoms with E-state index in [2.05, 4.69) is 12.2 Å². The quantitative estimate of drug-likeness (QED) is 0.130. The molecule has 0 aromatic heterocycles. The first-order valence-electron chi connectivity index (χ1n) is 13.6. The highest BCUT2D eigenvalue weighted by atomic mass is 31.2. The molecule has 0 heterocycles. The number of nitrogens with one attached hydrogen (secondary N) is 1. The Kier molecular flexibility index (Phi) is 17.5. The molecular formula is C28H48NO5P. The fourth-order valence-corrected chi connectivity index (χ4v) is 5.36. The number of aromatic hydroxyl groups is 1. The third kappa shape index (κ3) is 15.9. The Morgan fingerprint density at radius 2 is 1.40 bits per heavy atom. The molecule has 1 atom stereocenters. The van der Waals surface area contributed by atoms with Crippen LogP contribution in [0.3, 0.4) is 0 Å². The van der Waals surface area contributed by atoms with Gasteiger partial charge in [-0.1, -0.05) is 89.3 Å². The Bertz CT molecular complexity index is 740. The SMILES string of the molecule is CCCCCCCCCCCCCC(=O)N[C@H](C=CP(=O)(OCC)OCC)Cc1ccc(O)cc1. The van der Waals surface area contributed by atoms with Crippen LogP contribution in [-0.2, 0) is 24.8 Å².